The number of nitrogens with zero attached hydrogens (tertiary/aromatic N) is 1. The zero-order valence-electron chi connectivity index (χ0n) is 13.6. The summed E-state index contributed by atoms with van der Waals surface area (Å²) in [7, 11) is -3.54. The minimum atomic E-state index is -3.54. The van der Waals surface area contributed by atoms with Crippen LogP contribution in [0.4, 0.5) is 5.69 Å². The summed E-state index contributed by atoms with van der Waals surface area (Å²) in [5, 5.41) is 2.76. The van der Waals surface area contributed by atoms with Gasteiger partial charge < -0.3 is 10.1 Å². The molecular formula is C16H24N2O4S. The summed E-state index contributed by atoms with van der Waals surface area (Å²) in [4.78, 5) is 12.2. The average molecular weight is 340 g/mol. The van der Waals surface area contributed by atoms with E-state index in [-0.39, 0.29) is 18.6 Å². The largest absolute Gasteiger partial charge is 0.376 e. The highest BCUT2D eigenvalue weighted by Gasteiger charge is 2.23. The van der Waals surface area contributed by atoms with Crippen LogP contribution in [0.25, 0.3) is 0 Å². The van der Waals surface area contributed by atoms with Crippen LogP contribution in [0.1, 0.15) is 25.3 Å². The highest BCUT2D eigenvalue weighted by molar-refractivity contribution is 7.92. The number of nitrogens with one attached hydrogen (secondary N) is 1. The van der Waals surface area contributed by atoms with Crippen molar-refractivity contribution in [3.05, 3.63) is 29.8 Å². The minimum Gasteiger partial charge on any atom is -0.376 e. The number of sulfonamides is 1. The number of rotatable bonds is 7. The molecule has 1 atom stereocenters. The predicted octanol–water partition coefficient (Wildman–Crippen LogP) is 1.31. The van der Waals surface area contributed by atoms with Crippen LogP contribution in [0.2, 0.25) is 0 Å². The third kappa shape index (κ3) is 4.94. The van der Waals surface area contributed by atoms with Gasteiger partial charge in [0.1, 0.15) is 6.54 Å². The maximum absolute atomic E-state index is 12.2. The number of anilines is 1. The lowest BCUT2D eigenvalue weighted by Crippen LogP contribution is -2.42. The smallest absolute Gasteiger partial charge is 0.240 e. The lowest BCUT2D eigenvalue weighted by Gasteiger charge is -2.24. The lowest BCUT2D eigenvalue weighted by atomic mass is 10.1. The van der Waals surface area contributed by atoms with Gasteiger partial charge in [-0.2, -0.15) is 0 Å². The number of carbonyl (C=O) groups excluding carboxylic acids is 1. The van der Waals surface area contributed by atoms with Crippen molar-refractivity contribution in [2.75, 3.05) is 30.3 Å². The summed E-state index contributed by atoms with van der Waals surface area (Å²) in [6, 6.07) is 7.24. The molecule has 23 heavy (non-hydrogen) atoms. The fourth-order valence-electron chi connectivity index (χ4n) is 2.65. The van der Waals surface area contributed by atoms with E-state index in [0.717, 1.165) is 35.6 Å². The maximum Gasteiger partial charge on any atom is 0.240 e. The first-order chi connectivity index (χ1) is 10.9. The molecule has 1 saturated heterocycles. The van der Waals surface area contributed by atoms with E-state index >= 15 is 0 Å². The van der Waals surface area contributed by atoms with Gasteiger partial charge >= 0.3 is 0 Å². The van der Waals surface area contributed by atoms with Gasteiger partial charge in [0.25, 0.3) is 0 Å². The van der Waals surface area contributed by atoms with Crippen molar-refractivity contribution < 1.29 is 17.9 Å². The average Bonchev–Trinajstić information content (AvgIpc) is 3.03. The first-order valence-corrected chi connectivity index (χ1v) is 9.70. The molecular weight excluding hydrogens is 316 g/mol. The summed E-state index contributed by atoms with van der Waals surface area (Å²) in [6.07, 6.45) is 3.77. The van der Waals surface area contributed by atoms with Gasteiger partial charge in [-0.25, -0.2) is 8.42 Å². The molecule has 1 heterocycles. The molecule has 1 aliphatic heterocycles. The second kappa shape index (κ2) is 7.79. The summed E-state index contributed by atoms with van der Waals surface area (Å²) < 4.78 is 30.8. The van der Waals surface area contributed by atoms with Crippen molar-refractivity contribution in [3.8, 4) is 0 Å². The number of hydrogen-bond acceptors (Lipinski definition) is 4. The van der Waals surface area contributed by atoms with Gasteiger partial charge in [-0.1, -0.05) is 25.1 Å². The van der Waals surface area contributed by atoms with Crippen molar-refractivity contribution >= 4 is 21.6 Å². The van der Waals surface area contributed by atoms with Gasteiger partial charge in [-0.05, 0) is 30.9 Å². The summed E-state index contributed by atoms with van der Waals surface area (Å²) in [5.74, 6) is -0.322. The Morgan fingerprint density at radius 1 is 1.39 bits per heavy atom. The molecule has 1 unspecified atom stereocenters. The van der Waals surface area contributed by atoms with Crippen LogP contribution in [0.5, 0.6) is 0 Å². The van der Waals surface area contributed by atoms with E-state index in [4.69, 9.17) is 4.74 Å². The van der Waals surface area contributed by atoms with E-state index in [1.165, 1.54) is 0 Å². The molecule has 0 saturated carbocycles. The third-order valence-corrected chi connectivity index (χ3v) is 5.01. The third-order valence-electron chi connectivity index (χ3n) is 3.88. The van der Waals surface area contributed by atoms with Gasteiger partial charge in [0.2, 0.25) is 15.9 Å². The van der Waals surface area contributed by atoms with E-state index in [0.29, 0.717) is 18.7 Å². The van der Waals surface area contributed by atoms with E-state index in [1.54, 1.807) is 12.1 Å². The monoisotopic (exact) mass is 340 g/mol. The van der Waals surface area contributed by atoms with Crippen LogP contribution in [0.3, 0.4) is 0 Å². The molecule has 6 nitrogen and oxygen atoms in total. The molecule has 0 aliphatic carbocycles. The molecule has 0 bridgehead atoms. The molecule has 1 aromatic rings. The highest BCUT2D eigenvalue weighted by atomic mass is 32.2. The maximum atomic E-state index is 12.2. The Morgan fingerprint density at radius 2 is 2.13 bits per heavy atom. The second-order valence-corrected chi connectivity index (χ2v) is 7.60. The first-order valence-electron chi connectivity index (χ1n) is 7.85. The Balaban J connectivity index is 2.08. The van der Waals surface area contributed by atoms with E-state index in [1.807, 2.05) is 19.1 Å². The number of hydrogen-bond donors (Lipinski definition) is 1. The second-order valence-electron chi connectivity index (χ2n) is 5.69. The Kier molecular flexibility index (Phi) is 6.01. The molecule has 128 valence electrons. The molecule has 2 rings (SSSR count). The molecule has 1 N–H and O–H groups in total. The first kappa shape index (κ1) is 17.7. The number of para-hydroxylation sites is 1. The Labute approximate surface area is 137 Å². The van der Waals surface area contributed by atoms with Crippen molar-refractivity contribution in [2.45, 2.75) is 32.3 Å². The van der Waals surface area contributed by atoms with Crippen molar-refractivity contribution in [3.63, 3.8) is 0 Å². The fraction of sp³-hybridized carbons (Fsp3) is 0.562. The molecule has 0 radical (unpaired) electrons. The Bertz CT molecular complexity index is 639. The summed E-state index contributed by atoms with van der Waals surface area (Å²) >= 11 is 0. The summed E-state index contributed by atoms with van der Waals surface area (Å²) in [6.45, 7) is 2.88. The van der Waals surface area contributed by atoms with Crippen LogP contribution < -0.4 is 9.62 Å². The molecule has 0 spiro atoms. The normalized spacial score (nSPS) is 17.9. The van der Waals surface area contributed by atoms with Crippen LogP contribution in [0.15, 0.2) is 24.3 Å². The standard InChI is InChI=1S/C16H24N2O4S/c1-3-13-7-4-5-9-15(13)18(23(2,20)21)12-16(19)17-11-14-8-6-10-22-14/h4-5,7,9,14H,3,6,8,10-12H2,1-2H3,(H,17,19). The van der Waals surface area contributed by atoms with E-state index < -0.39 is 10.0 Å². The predicted molar refractivity (Wildman–Crippen MR) is 90.0 cm³/mol. The van der Waals surface area contributed by atoms with Crippen LogP contribution >= 0.6 is 0 Å². The molecule has 1 amide bonds. The topological polar surface area (TPSA) is 75.7 Å². The number of amides is 1. The number of benzene rings is 1. The summed E-state index contributed by atoms with van der Waals surface area (Å²) in [5.41, 5.74) is 1.45. The molecule has 1 aliphatic rings. The molecule has 7 heteroatoms. The lowest BCUT2D eigenvalue weighted by molar-refractivity contribution is -0.120. The number of aryl methyl sites for hydroxylation is 1. The quantitative estimate of drug-likeness (QED) is 0.812. The van der Waals surface area contributed by atoms with Crippen molar-refractivity contribution in [1.82, 2.24) is 5.32 Å². The number of carbonyl (C=O) groups is 1. The zero-order valence-corrected chi connectivity index (χ0v) is 14.4. The van der Waals surface area contributed by atoms with E-state index in [9.17, 15) is 13.2 Å². The SMILES string of the molecule is CCc1ccccc1N(CC(=O)NCC1CCCO1)S(C)(=O)=O. The molecule has 0 aromatic heterocycles. The van der Waals surface area contributed by atoms with Crippen molar-refractivity contribution in [2.24, 2.45) is 0 Å². The Hall–Kier alpha value is -1.60. The number of ether oxygens (including phenoxy) is 1. The van der Waals surface area contributed by atoms with E-state index in [2.05, 4.69) is 5.32 Å². The molecule has 1 aromatic carbocycles. The van der Waals surface area contributed by atoms with Crippen molar-refractivity contribution in [1.29, 1.82) is 0 Å². The van der Waals surface area contributed by atoms with Crippen LogP contribution in [-0.2, 0) is 26.0 Å². The van der Waals surface area contributed by atoms with Gasteiger partial charge in [-0.15, -0.1) is 0 Å². The van der Waals surface area contributed by atoms with Gasteiger partial charge in [-0.3, -0.25) is 9.10 Å². The molecule has 1 fully saturated rings. The Morgan fingerprint density at radius 3 is 2.74 bits per heavy atom. The highest BCUT2D eigenvalue weighted by Crippen LogP contribution is 2.23. The van der Waals surface area contributed by atoms with Gasteiger partial charge in [0.05, 0.1) is 18.0 Å². The van der Waals surface area contributed by atoms with Gasteiger partial charge in [0, 0.05) is 13.2 Å². The van der Waals surface area contributed by atoms with Crippen LogP contribution in [0, 0.1) is 0 Å². The van der Waals surface area contributed by atoms with Crippen LogP contribution in [-0.4, -0.2) is 46.4 Å². The van der Waals surface area contributed by atoms with Gasteiger partial charge in [0.15, 0.2) is 0 Å². The minimum absolute atomic E-state index is 0.0357. The zero-order chi connectivity index (χ0) is 16.9. The fourth-order valence-corrected chi connectivity index (χ4v) is 3.54.